The number of phenolic OH excluding ortho intramolecular Hbond substituents is 2. The van der Waals surface area contributed by atoms with Crippen LogP contribution in [0.3, 0.4) is 0 Å². The van der Waals surface area contributed by atoms with E-state index in [1.165, 1.54) is 28.4 Å². The average Bonchev–Trinajstić information content (AvgIpc) is 2.97. The molecule has 0 aromatic heterocycles. The number of fused-ring (bicyclic) bond motifs is 1. The molecule has 140 valence electrons. The number of phenols is 2. The molecule has 0 bridgehead atoms. The molecule has 0 saturated carbocycles. The molecule has 26 heavy (non-hydrogen) atoms. The van der Waals surface area contributed by atoms with Gasteiger partial charge in [-0.1, -0.05) is 6.92 Å². The Kier molecular flexibility index (Phi) is 4.76. The van der Waals surface area contributed by atoms with Crippen molar-refractivity contribution in [3.8, 4) is 34.5 Å². The SMILES string of the molecule is COc1cc([C@@H]2C[C@H](C)c3cc(OC)c(O)c(OC)c32)cc(OC)c1O. The van der Waals surface area contributed by atoms with Crippen molar-refractivity contribution >= 4 is 0 Å². The maximum Gasteiger partial charge on any atom is 0.201 e. The summed E-state index contributed by atoms with van der Waals surface area (Å²) in [7, 11) is 6.06. The van der Waals surface area contributed by atoms with Gasteiger partial charge in [0, 0.05) is 11.5 Å². The van der Waals surface area contributed by atoms with Crippen LogP contribution < -0.4 is 18.9 Å². The number of rotatable bonds is 5. The molecule has 2 aromatic carbocycles. The Balaban J connectivity index is 2.22. The molecule has 2 N–H and O–H groups in total. The van der Waals surface area contributed by atoms with Gasteiger partial charge in [-0.25, -0.2) is 0 Å². The largest absolute Gasteiger partial charge is 0.502 e. The van der Waals surface area contributed by atoms with E-state index in [-0.39, 0.29) is 23.3 Å². The lowest BCUT2D eigenvalue weighted by molar-refractivity contribution is 0.335. The highest BCUT2D eigenvalue weighted by Gasteiger charge is 2.36. The molecule has 6 nitrogen and oxygen atoms in total. The Morgan fingerprint density at radius 3 is 1.85 bits per heavy atom. The summed E-state index contributed by atoms with van der Waals surface area (Å²) < 4.78 is 21.4. The lowest BCUT2D eigenvalue weighted by Crippen LogP contribution is -2.02. The first kappa shape index (κ1) is 18.0. The van der Waals surface area contributed by atoms with Crippen LogP contribution in [0.25, 0.3) is 0 Å². The van der Waals surface area contributed by atoms with Crippen molar-refractivity contribution in [2.24, 2.45) is 0 Å². The molecule has 1 aliphatic carbocycles. The number of ether oxygens (including phenoxy) is 4. The van der Waals surface area contributed by atoms with Crippen molar-refractivity contribution in [1.29, 1.82) is 0 Å². The zero-order valence-corrected chi connectivity index (χ0v) is 15.6. The zero-order valence-electron chi connectivity index (χ0n) is 15.6. The van der Waals surface area contributed by atoms with Crippen LogP contribution in [0.4, 0.5) is 0 Å². The maximum absolute atomic E-state index is 10.5. The fourth-order valence-electron chi connectivity index (χ4n) is 3.80. The molecule has 0 radical (unpaired) electrons. The molecule has 0 unspecified atom stereocenters. The molecule has 0 saturated heterocycles. The molecular weight excluding hydrogens is 336 g/mol. The van der Waals surface area contributed by atoms with Crippen LogP contribution in [0, 0.1) is 0 Å². The minimum atomic E-state index is -0.0328. The second-order valence-corrected chi connectivity index (χ2v) is 6.43. The van der Waals surface area contributed by atoms with Crippen molar-refractivity contribution < 1.29 is 29.2 Å². The highest BCUT2D eigenvalue weighted by atomic mass is 16.5. The lowest BCUT2D eigenvalue weighted by Gasteiger charge is -2.20. The van der Waals surface area contributed by atoms with Gasteiger partial charge in [0.05, 0.1) is 28.4 Å². The number of hydrogen-bond donors (Lipinski definition) is 2. The van der Waals surface area contributed by atoms with Gasteiger partial charge in [-0.15, -0.1) is 0 Å². The normalized spacial score (nSPS) is 18.3. The van der Waals surface area contributed by atoms with E-state index in [4.69, 9.17) is 18.9 Å². The fraction of sp³-hybridized carbons (Fsp3) is 0.400. The molecule has 0 heterocycles. The minimum Gasteiger partial charge on any atom is -0.502 e. The van der Waals surface area contributed by atoms with E-state index in [1.54, 1.807) is 12.1 Å². The smallest absolute Gasteiger partial charge is 0.201 e. The van der Waals surface area contributed by atoms with Gasteiger partial charge in [-0.05, 0) is 41.7 Å². The van der Waals surface area contributed by atoms with Gasteiger partial charge in [-0.3, -0.25) is 0 Å². The van der Waals surface area contributed by atoms with Crippen molar-refractivity contribution in [3.63, 3.8) is 0 Å². The van der Waals surface area contributed by atoms with Gasteiger partial charge in [0.2, 0.25) is 11.5 Å². The van der Waals surface area contributed by atoms with Gasteiger partial charge in [-0.2, -0.15) is 0 Å². The topological polar surface area (TPSA) is 77.4 Å². The first-order valence-electron chi connectivity index (χ1n) is 8.39. The highest BCUT2D eigenvalue weighted by Crippen LogP contribution is 2.55. The van der Waals surface area contributed by atoms with E-state index < -0.39 is 0 Å². The molecule has 3 rings (SSSR count). The van der Waals surface area contributed by atoms with Crippen molar-refractivity contribution in [2.45, 2.75) is 25.2 Å². The van der Waals surface area contributed by atoms with Crippen LogP contribution in [0.5, 0.6) is 34.5 Å². The molecule has 0 amide bonds. The summed E-state index contributed by atoms with van der Waals surface area (Å²) in [6.45, 7) is 2.13. The predicted octanol–water partition coefficient (Wildman–Crippen LogP) is 3.77. The second kappa shape index (κ2) is 6.86. The van der Waals surface area contributed by atoms with E-state index in [1.807, 2.05) is 6.07 Å². The summed E-state index contributed by atoms with van der Waals surface area (Å²) in [5.74, 6) is 1.68. The third kappa shape index (κ3) is 2.66. The van der Waals surface area contributed by atoms with Crippen molar-refractivity contribution in [1.82, 2.24) is 0 Å². The van der Waals surface area contributed by atoms with Crippen LogP contribution in [-0.2, 0) is 0 Å². The van der Waals surface area contributed by atoms with Gasteiger partial charge >= 0.3 is 0 Å². The van der Waals surface area contributed by atoms with E-state index in [0.717, 1.165) is 23.1 Å². The number of benzene rings is 2. The summed E-state index contributed by atoms with van der Waals surface area (Å²) in [6, 6.07) is 5.46. The Morgan fingerprint density at radius 2 is 1.35 bits per heavy atom. The molecule has 0 spiro atoms. The molecule has 6 heteroatoms. The van der Waals surface area contributed by atoms with E-state index in [9.17, 15) is 10.2 Å². The maximum atomic E-state index is 10.5. The summed E-state index contributed by atoms with van der Waals surface area (Å²) >= 11 is 0. The van der Waals surface area contributed by atoms with Crippen LogP contribution in [0.2, 0.25) is 0 Å². The summed E-state index contributed by atoms with van der Waals surface area (Å²) in [5.41, 5.74) is 2.92. The van der Waals surface area contributed by atoms with Crippen LogP contribution in [0.15, 0.2) is 18.2 Å². The molecule has 0 aliphatic heterocycles. The van der Waals surface area contributed by atoms with Gasteiger partial charge in [0.1, 0.15) is 0 Å². The Morgan fingerprint density at radius 1 is 0.808 bits per heavy atom. The van der Waals surface area contributed by atoms with E-state index in [2.05, 4.69) is 6.92 Å². The van der Waals surface area contributed by atoms with Crippen molar-refractivity contribution in [3.05, 3.63) is 34.9 Å². The van der Waals surface area contributed by atoms with E-state index >= 15 is 0 Å². The Bertz CT molecular complexity index is 805. The molecule has 2 aromatic rings. The molecule has 0 fully saturated rings. The highest BCUT2D eigenvalue weighted by molar-refractivity contribution is 5.65. The first-order valence-corrected chi connectivity index (χ1v) is 8.39. The van der Waals surface area contributed by atoms with Crippen LogP contribution in [-0.4, -0.2) is 38.7 Å². The average molecular weight is 360 g/mol. The number of aromatic hydroxyl groups is 2. The third-order valence-corrected chi connectivity index (χ3v) is 5.09. The Labute approximate surface area is 152 Å². The lowest BCUT2D eigenvalue weighted by atomic mass is 9.91. The quantitative estimate of drug-likeness (QED) is 0.845. The van der Waals surface area contributed by atoms with Crippen molar-refractivity contribution in [2.75, 3.05) is 28.4 Å². The summed E-state index contributed by atoms with van der Waals surface area (Å²) in [5, 5.41) is 20.7. The molecule has 2 atom stereocenters. The first-order chi connectivity index (χ1) is 12.5. The predicted molar refractivity (Wildman–Crippen MR) is 97.3 cm³/mol. The monoisotopic (exact) mass is 360 g/mol. The van der Waals surface area contributed by atoms with Gasteiger partial charge < -0.3 is 29.2 Å². The number of methoxy groups -OCH3 is 4. The zero-order chi connectivity index (χ0) is 19.0. The van der Waals surface area contributed by atoms with Gasteiger partial charge in [0.15, 0.2) is 23.0 Å². The standard InChI is InChI=1S/C20H24O6/c1-10-6-13(11-7-14(23-2)18(21)15(8-11)24-3)17-12(10)9-16(25-4)19(22)20(17)26-5/h7-10,13,21-22H,6H2,1-5H3/t10-,13-/m0/s1. The minimum absolute atomic E-state index is 0.00874. The van der Waals surface area contributed by atoms with E-state index in [0.29, 0.717) is 23.0 Å². The summed E-state index contributed by atoms with van der Waals surface area (Å²) in [6.07, 6.45) is 0.829. The fourth-order valence-corrected chi connectivity index (χ4v) is 3.80. The third-order valence-electron chi connectivity index (χ3n) is 5.09. The summed E-state index contributed by atoms with van der Waals surface area (Å²) in [4.78, 5) is 0. The van der Waals surface area contributed by atoms with Crippen LogP contribution in [0.1, 0.15) is 41.9 Å². The molecular formula is C20H24O6. The Hall–Kier alpha value is -2.76. The molecule has 1 aliphatic rings. The second-order valence-electron chi connectivity index (χ2n) is 6.43. The number of hydrogen-bond acceptors (Lipinski definition) is 6. The van der Waals surface area contributed by atoms with Gasteiger partial charge in [0.25, 0.3) is 0 Å². The van der Waals surface area contributed by atoms with Crippen LogP contribution >= 0.6 is 0 Å².